The SMILES string of the molecule is CCCCCCCCCCCCCCCC(=O)OC[C@H](COP(=O)(O)OCC[N+](C)(C)C)OC(=O)CCCCCCCCCCCO[Si](C)(C)C(C)(C)C. The molecule has 2 atom stereocenters. The Kier molecular flexibility index (Phi) is 30.7. The highest BCUT2D eigenvalue weighted by Gasteiger charge is 2.36. The Morgan fingerprint density at radius 1 is 0.630 bits per heavy atom. The van der Waals surface area contributed by atoms with Crippen molar-refractivity contribution in [3.8, 4) is 0 Å². The number of phosphoric acid groups is 1. The van der Waals surface area contributed by atoms with Crippen LogP contribution in [0.2, 0.25) is 18.1 Å². The number of ether oxygens (including phenoxy) is 2. The number of nitrogens with zero attached hydrogens (tertiary/aromatic N) is 1. The van der Waals surface area contributed by atoms with Crippen molar-refractivity contribution in [1.82, 2.24) is 0 Å². The maximum atomic E-state index is 12.7. The summed E-state index contributed by atoms with van der Waals surface area (Å²) in [6.07, 6.45) is 25.2. The zero-order valence-electron chi connectivity index (χ0n) is 36.7. The topological polar surface area (TPSA) is 118 Å². The predicted molar refractivity (Wildman–Crippen MR) is 225 cm³/mol. The molecule has 0 spiro atoms. The first-order valence-corrected chi connectivity index (χ1v) is 26.2. The van der Waals surface area contributed by atoms with Gasteiger partial charge in [-0.1, -0.05) is 150 Å². The first kappa shape index (κ1) is 53.2. The highest BCUT2D eigenvalue weighted by atomic mass is 31.2. The van der Waals surface area contributed by atoms with Crippen LogP contribution >= 0.6 is 7.82 Å². The molecule has 0 radical (unpaired) electrons. The summed E-state index contributed by atoms with van der Waals surface area (Å²) in [5.41, 5.74) is 0. The van der Waals surface area contributed by atoms with Gasteiger partial charge < -0.3 is 23.3 Å². The van der Waals surface area contributed by atoms with Gasteiger partial charge in [0.25, 0.3) is 0 Å². The van der Waals surface area contributed by atoms with Crippen LogP contribution in [0.5, 0.6) is 0 Å². The van der Waals surface area contributed by atoms with Gasteiger partial charge in [0.15, 0.2) is 14.4 Å². The number of carbonyl (C=O) groups is 2. The minimum Gasteiger partial charge on any atom is -0.462 e. The van der Waals surface area contributed by atoms with E-state index < -0.39 is 34.8 Å². The fourth-order valence-corrected chi connectivity index (χ4v) is 7.53. The molecule has 54 heavy (non-hydrogen) atoms. The maximum Gasteiger partial charge on any atom is 0.472 e. The lowest BCUT2D eigenvalue weighted by atomic mass is 10.0. The van der Waals surface area contributed by atoms with Crippen molar-refractivity contribution >= 4 is 28.1 Å². The lowest BCUT2D eigenvalue weighted by Crippen LogP contribution is -2.40. The third-order valence-corrected chi connectivity index (χ3v) is 16.0. The number of rotatable bonds is 37. The van der Waals surface area contributed by atoms with Crippen LogP contribution in [0.4, 0.5) is 0 Å². The lowest BCUT2D eigenvalue weighted by molar-refractivity contribution is -0.870. The maximum absolute atomic E-state index is 12.7. The number of phosphoric ester groups is 1. The number of likely N-dealkylation sites (N-methyl/N-ethyl adjacent to an activating group) is 1. The molecule has 0 aliphatic rings. The van der Waals surface area contributed by atoms with Crippen LogP contribution < -0.4 is 0 Å². The zero-order valence-corrected chi connectivity index (χ0v) is 38.6. The number of esters is 2. The Morgan fingerprint density at radius 2 is 1.06 bits per heavy atom. The van der Waals surface area contributed by atoms with Gasteiger partial charge in [0.2, 0.25) is 0 Å². The van der Waals surface area contributed by atoms with Crippen LogP contribution in [-0.4, -0.2) is 89.9 Å². The van der Waals surface area contributed by atoms with E-state index in [1.165, 1.54) is 89.9 Å². The molecule has 0 saturated heterocycles. The van der Waals surface area contributed by atoms with Crippen LogP contribution in [0.25, 0.3) is 0 Å². The summed E-state index contributed by atoms with van der Waals surface area (Å²) < 4.78 is 40.6. The Balaban J connectivity index is 4.40. The average molecular weight is 809 g/mol. The smallest absolute Gasteiger partial charge is 0.462 e. The number of quaternary nitrogens is 1. The molecule has 0 aromatic heterocycles. The number of hydrogen-bond acceptors (Lipinski definition) is 8. The van der Waals surface area contributed by atoms with Crippen LogP contribution in [0.1, 0.15) is 182 Å². The molecule has 0 heterocycles. The van der Waals surface area contributed by atoms with Crippen LogP contribution in [0.3, 0.4) is 0 Å². The second-order valence-corrected chi connectivity index (χ2v) is 24.2. The summed E-state index contributed by atoms with van der Waals surface area (Å²) in [5.74, 6) is -0.806. The van der Waals surface area contributed by atoms with Crippen molar-refractivity contribution in [2.45, 2.75) is 206 Å². The van der Waals surface area contributed by atoms with Crippen LogP contribution in [-0.2, 0) is 37.1 Å². The van der Waals surface area contributed by atoms with Gasteiger partial charge in [-0.3, -0.25) is 18.6 Å². The van der Waals surface area contributed by atoms with E-state index in [2.05, 4.69) is 40.8 Å². The molecule has 12 heteroatoms. The number of unbranched alkanes of at least 4 members (excludes halogenated alkanes) is 20. The molecule has 0 saturated carbocycles. The van der Waals surface area contributed by atoms with Gasteiger partial charge in [-0.2, -0.15) is 0 Å². The molecule has 1 unspecified atom stereocenters. The van der Waals surface area contributed by atoms with Crippen molar-refractivity contribution < 1.29 is 46.5 Å². The minimum absolute atomic E-state index is 0.0300. The van der Waals surface area contributed by atoms with E-state index in [4.69, 9.17) is 22.9 Å². The second-order valence-electron chi connectivity index (χ2n) is 17.9. The van der Waals surface area contributed by atoms with E-state index >= 15 is 0 Å². The van der Waals surface area contributed by atoms with Gasteiger partial charge in [-0.05, 0) is 37.4 Å². The first-order valence-electron chi connectivity index (χ1n) is 21.8. The fraction of sp³-hybridized carbons (Fsp3) is 0.952. The van der Waals surface area contributed by atoms with Crippen LogP contribution in [0.15, 0.2) is 0 Å². The molecule has 10 nitrogen and oxygen atoms in total. The normalized spacial score (nSPS) is 14.2. The molecule has 0 amide bonds. The minimum atomic E-state index is -4.37. The first-order chi connectivity index (χ1) is 25.4. The third-order valence-electron chi connectivity index (χ3n) is 10.4. The van der Waals surface area contributed by atoms with E-state index in [-0.39, 0.29) is 37.1 Å². The van der Waals surface area contributed by atoms with Crippen molar-refractivity contribution in [2.75, 3.05) is 54.1 Å². The van der Waals surface area contributed by atoms with Gasteiger partial charge in [-0.25, -0.2) is 4.57 Å². The summed E-state index contributed by atoms with van der Waals surface area (Å²) in [5, 5.41) is 0.256. The van der Waals surface area contributed by atoms with E-state index in [0.29, 0.717) is 17.4 Å². The van der Waals surface area contributed by atoms with Crippen molar-refractivity contribution in [3.63, 3.8) is 0 Å². The Morgan fingerprint density at radius 3 is 1.50 bits per heavy atom. The molecule has 0 aromatic rings. The summed E-state index contributed by atoms with van der Waals surface area (Å²) in [6, 6.07) is 0. The molecular weight excluding hydrogens is 722 g/mol. The van der Waals surface area contributed by atoms with Gasteiger partial charge in [0.1, 0.15) is 19.8 Å². The number of carbonyl (C=O) groups excluding carboxylic acids is 2. The molecular formula is C42H87NO9PSi+. The quantitative estimate of drug-likeness (QED) is 0.0215. The highest BCUT2D eigenvalue weighted by Crippen LogP contribution is 2.43. The standard InChI is InChI=1S/C42H86NO9PSi/c1-10-11-12-13-14-15-16-17-18-20-23-26-29-32-40(44)48-37-39(38-50-53(46,47)49-36-34-43(5,6)7)52-41(45)33-30-27-24-21-19-22-25-28-31-35-51-54(8,9)42(2,3)4/h39H,10-38H2,1-9H3/p+1/t39-/m1/s1. The average Bonchev–Trinajstić information content (AvgIpc) is 3.07. The summed E-state index contributed by atoms with van der Waals surface area (Å²) in [6.45, 7) is 14.5. The third kappa shape index (κ3) is 33.3. The van der Waals surface area contributed by atoms with Crippen LogP contribution in [0, 0.1) is 0 Å². The van der Waals surface area contributed by atoms with E-state index in [0.717, 1.165) is 51.6 Å². The Bertz CT molecular complexity index is 984. The van der Waals surface area contributed by atoms with E-state index in [1.54, 1.807) is 0 Å². The van der Waals surface area contributed by atoms with Crippen molar-refractivity contribution in [2.24, 2.45) is 0 Å². The van der Waals surface area contributed by atoms with Crippen molar-refractivity contribution in [3.05, 3.63) is 0 Å². The molecule has 0 aromatic carbocycles. The summed E-state index contributed by atoms with van der Waals surface area (Å²) >= 11 is 0. The summed E-state index contributed by atoms with van der Waals surface area (Å²) in [4.78, 5) is 35.4. The highest BCUT2D eigenvalue weighted by molar-refractivity contribution is 7.47. The van der Waals surface area contributed by atoms with Gasteiger partial charge in [0, 0.05) is 19.4 Å². The second kappa shape index (κ2) is 31.2. The largest absolute Gasteiger partial charge is 0.472 e. The molecule has 0 aliphatic carbocycles. The molecule has 0 bridgehead atoms. The van der Waals surface area contributed by atoms with E-state index in [9.17, 15) is 19.0 Å². The lowest BCUT2D eigenvalue weighted by Gasteiger charge is -2.36. The predicted octanol–water partition coefficient (Wildman–Crippen LogP) is 11.7. The fourth-order valence-electron chi connectivity index (χ4n) is 5.70. The van der Waals surface area contributed by atoms with Gasteiger partial charge in [0.05, 0.1) is 27.7 Å². The monoisotopic (exact) mass is 809 g/mol. The zero-order chi connectivity index (χ0) is 40.8. The van der Waals surface area contributed by atoms with Gasteiger partial charge >= 0.3 is 19.8 Å². The van der Waals surface area contributed by atoms with E-state index in [1.807, 2.05) is 21.1 Å². The Hall–Kier alpha value is -0.813. The van der Waals surface area contributed by atoms with Gasteiger partial charge in [-0.15, -0.1) is 0 Å². The molecule has 322 valence electrons. The molecule has 0 aliphatic heterocycles. The summed E-state index contributed by atoms with van der Waals surface area (Å²) in [7, 11) is -0.179. The molecule has 1 N–H and O–H groups in total. The Labute approximate surface area is 333 Å². The molecule has 0 rings (SSSR count). The molecule has 0 fully saturated rings. The van der Waals surface area contributed by atoms with Crippen molar-refractivity contribution in [1.29, 1.82) is 0 Å². The number of hydrogen-bond donors (Lipinski definition) is 1.